The minimum Gasteiger partial charge on any atom is -0.316 e. The lowest BCUT2D eigenvalue weighted by molar-refractivity contribution is 0.376. The van der Waals surface area contributed by atoms with Gasteiger partial charge in [-0.15, -0.1) is 0 Å². The molecule has 1 aromatic carbocycles. The van der Waals surface area contributed by atoms with Crippen molar-refractivity contribution in [3.05, 3.63) is 29.6 Å². The van der Waals surface area contributed by atoms with Crippen LogP contribution in [0, 0.1) is 23.1 Å². The Balaban J connectivity index is 2.08. The monoisotopic (exact) mass is 297 g/mol. The van der Waals surface area contributed by atoms with E-state index in [1.54, 1.807) is 6.07 Å². The highest BCUT2D eigenvalue weighted by Gasteiger charge is 2.19. The van der Waals surface area contributed by atoms with Crippen LogP contribution < -0.4 is 10.0 Å². The summed E-state index contributed by atoms with van der Waals surface area (Å²) in [6.07, 6.45) is 2.00. The fourth-order valence-electron chi connectivity index (χ4n) is 2.17. The first-order valence-electron chi connectivity index (χ1n) is 6.43. The van der Waals surface area contributed by atoms with Crippen LogP contribution in [0.25, 0.3) is 0 Å². The van der Waals surface area contributed by atoms with Crippen LogP contribution in [0.4, 0.5) is 4.39 Å². The van der Waals surface area contributed by atoms with Crippen molar-refractivity contribution < 1.29 is 12.8 Å². The third-order valence-electron chi connectivity index (χ3n) is 3.33. The Morgan fingerprint density at radius 1 is 1.50 bits per heavy atom. The van der Waals surface area contributed by atoms with E-state index in [0.29, 0.717) is 6.54 Å². The quantitative estimate of drug-likeness (QED) is 0.868. The first-order valence-corrected chi connectivity index (χ1v) is 7.91. The van der Waals surface area contributed by atoms with Crippen LogP contribution in [0.3, 0.4) is 0 Å². The Bertz CT molecular complexity index is 619. The maximum absolute atomic E-state index is 13.2. The summed E-state index contributed by atoms with van der Waals surface area (Å²) < 4.78 is 39.9. The highest BCUT2D eigenvalue weighted by atomic mass is 32.2. The van der Waals surface area contributed by atoms with Crippen molar-refractivity contribution in [1.82, 2.24) is 10.0 Å². The number of nitrogens with zero attached hydrogens (tertiary/aromatic N) is 1. The van der Waals surface area contributed by atoms with Gasteiger partial charge < -0.3 is 5.32 Å². The Hall–Kier alpha value is -1.49. The fraction of sp³-hybridized carbons (Fsp3) is 0.462. The van der Waals surface area contributed by atoms with Gasteiger partial charge >= 0.3 is 0 Å². The Morgan fingerprint density at radius 3 is 2.95 bits per heavy atom. The van der Waals surface area contributed by atoms with Crippen molar-refractivity contribution in [2.45, 2.75) is 17.7 Å². The summed E-state index contributed by atoms with van der Waals surface area (Å²) in [5.74, 6) is -0.461. The summed E-state index contributed by atoms with van der Waals surface area (Å²) in [7, 11) is -3.70. The molecule has 1 aliphatic heterocycles. The van der Waals surface area contributed by atoms with Crippen molar-refractivity contribution in [1.29, 1.82) is 5.26 Å². The first-order chi connectivity index (χ1) is 9.53. The number of benzene rings is 1. The van der Waals surface area contributed by atoms with E-state index in [0.717, 1.165) is 44.1 Å². The number of piperidine rings is 1. The minimum absolute atomic E-state index is 0.0841. The molecule has 1 heterocycles. The predicted octanol–water partition coefficient (Wildman–Crippen LogP) is 0.975. The van der Waals surface area contributed by atoms with E-state index < -0.39 is 15.8 Å². The van der Waals surface area contributed by atoms with Gasteiger partial charge in [-0.1, -0.05) is 0 Å². The van der Waals surface area contributed by atoms with Crippen molar-refractivity contribution in [3.63, 3.8) is 0 Å². The zero-order chi connectivity index (χ0) is 14.6. The maximum atomic E-state index is 13.2. The third kappa shape index (κ3) is 3.54. The van der Waals surface area contributed by atoms with Gasteiger partial charge in [0.1, 0.15) is 11.9 Å². The van der Waals surface area contributed by atoms with E-state index in [-0.39, 0.29) is 16.4 Å². The second-order valence-corrected chi connectivity index (χ2v) is 6.58. The number of nitrogens with one attached hydrogen (secondary N) is 2. The lowest BCUT2D eigenvalue weighted by Crippen LogP contribution is -2.38. The third-order valence-corrected chi connectivity index (χ3v) is 4.75. The van der Waals surface area contributed by atoms with Crippen LogP contribution in [-0.4, -0.2) is 28.1 Å². The highest BCUT2D eigenvalue weighted by molar-refractivity contribution is 7.89. The number of sulfonamides is 1. The van der Waals surface area contributed by atoms with Crippen LogP contribution in [-0.2, 0) is 10.0 Å². The number of rotatable bonds is 4. The number of nitriles is 1. The average molecular weight is 297 g/mol. The fourth-order valence-corrected chi connectivity index (χ4v) is 3.31. The van der Waals surface area contributed by atoms with E-state index in [1.165, 1.54) is 0 Å². The Labute approximate surface area is 117 Å². The molecule has 0 amide bonds. The molecule has 0 radical (unpaired) electrons. The average Bonchev–Trinajstić information content (AvgIpc) is 2.46. The van der Waals surface area contributed by atoms with Gasteiger partial charge in [-0.2, -0.15) is 5.26 Å². The van der Waals surface area contributed by atoms with Gasteiger partial charge in [-0.05, 0) is 50.0 Å². The molecule has 2 N–H and O–H groups in total. The summed E-state index contributed by atoms with van der Waals surface area (Å²) >= 11 is 0. The SMILES string of the molecule is N#Cc1cc(S(=O)(=O)NC[C@@H]2CCCNC2)ccc1F. The normalized spacial score (nSPS) is 19.5. The molecule has 1 aliphatic rings. The van der Waals surface area contributed by atoms with E-state index in [4.69, 9.17) is 5.26 Å². The van der Waals surface area contributed by atoms with Gasteiger partial charge in [0.05, 0.1) is 10.5 Å². The highest BCUT2D eigenvalue weighted by Crippen LogP contribution is 2.15. The second kappa shape index (κ2) is 6.31. The van der Waals surface area contributed by atoms with Gasteiger partial charge in [0.15, 0.2) is 0 Å². The van der Waals surface area contributed by atoms with Gasteiger partial charge in [-0.25, -0.2) is 17.5 Å². The molecule has 108 valence electrons. The summed E-state index contributed by atoms with van der Waals surface area (Å²) in [5, 5.41) is 11.9. The second-order valence-electron chi connectivity index (χ2n) is 4.82. The molecule has 0 unspecified atom stereocenters. The smallest absolute Gasteiger partial charge is 0.240 e. The zero-order valence-electron chi connectivity index (χ0n) is 10.9. The summed E-state index contributed by atoms with van der Waals surface area (Å²) in [6, 6.07) is 4.85. The number of hydrogen-bond donors (Lipinski definition) is 2. The Morgan fingerprint density at radius 2 is 2.30 bits per heavy atom. The first kappa shape index (κ1) is 14.9. The van der Waals surface area contributed by atoms with E-state index in [9.17, 15) is 12.8 Å². The predicted molar refractivity (Wildman–Crippen MR) is 71.9 cm³/mol. The number of halogens is 1. The molecule has 1 aromatic rings. The van der Waals surface area contributed by atoms with Crippen LogP contribution >= 0.6 is 0 Å². The lowest BCUT2D eigenvalue weighted by Gasteiger charge is -2.22. The molecule has 2 rings (SSSR count). The standard InChI is InChI=1S/C13H16FN3O2S/c14-13-4-3-12(6-11(13)7-15)20(18,19)17-9-10-2-1-5-16-8-10/h3-4,6,10,16-17H,1-2,5,8-9H2/t10-/m1/s1. The molecule has 1 fully saturated rings. The van der Waals surface area contributed by atoms with Gasteiger partial charge in [0.2, 0.25) is 10.0 Å². The van der Waals surface area contributed by atoms with Crippen LogP contribution in [0.1, 0.15) is 18.4 Å². The van der Waals surface area contributed by atoms with Gasteiger partial charge in [0, 0.05) is 6.54 Å². The topological polar surface area (TPSA) is 82.0 Å². The molecule has 20 heavy (non-hydrogen) atoms. The molecule has 5 nitrogen and oxygen atoms in total. The maximum Gasteiger partial charge on any atom is 0.240 e. The van der Waals surface area contributed by atoms with Gasteiger partial charge in [-0.3, -0.25) is 0 Å². The van der Waals surface area contributed by atoms with Gasteiger partial charge in [0.25, 0.3) is 0 Å². The summed E-state index contributed by atoms with van der Waals surface area (Å²) in [6.45, 7) is 2.09. The molecule has 0 aromatic heterocycles. The molecular weight excluding hydrogens is 281 g/mol. The lowest BCUT2D eigenvalue weighted by atomic mass is 10.0. The van der Waals surface area contributed by atoms with Crippen LogP contribution in [0.2, 0.25) is 0 Å². The van der Waals surface area contributed by atoms with Crippen molar-refractivity contribution in [3.8, 4) is 6.07 Å². The van der Waals surface area contributed by atoms with Crippen LogP contribution in [0.5, 0.6) is 0 Å². The van der Waals surface area contributed by atoms with E-state index in [1.807, 2.05) is 0 Å². The minimum atomic E-state index is -3.70. The van der Waals surface area contributed by atoms with Crippen molar-refractivity contribution in [2.75, 3.05) is 19.6 Å². The summed E-state index contributed by atoms with van der Waals surface area (Å²) in [4.78, 5) is -0.0841. The molecule has 0 bridgehead atoms. The molecular formula is C13H16FN3O2S. The molecule has 0 spiro atoms. The molecule has 7 heteroatoms. The molecule has 0 saturated carbocycles. The van der Waals surface area contributed by atoms with Crippen molar-refractivity contribution in [2.24, 2.45) is 5.92 Å². The molecule has 1 saturated heterocycles. The van der Waals surface area contributed by atoms with Crippen LogP contribution in [0.15, 0.2) is 23.1 Å². The van der Waals surface area contributed by atoms with E-state index >= 15 is 0 Å². The molecule has 1 atom stereocenters. The van der Waals surface area contributed by atoms with Crippen molar-refractivity contribution >= 4 is 10.0 Å². The van der Waals surface area contributed by atoms with E-state index in [2.05, 4.69) is 10.0 Å². The Kier molecular flexibility index (Phi) is 4.70. The summed E-state index contributed by atoms with van der Waals surface area (Å²) in [5.41, 5.74) is -0.271. The largest absolute Gasteiger partial charge is 0.316 e. The molecule has 0 aliphatic carbocycles. The number of hydrogen-bond acceptors (Lipinski definition) is 4. The zero-order valence-corrected chi connectivity index (χ0v) is 11.7.